The third kappa shape index (κ3) is 6.53. The number of hydrogen-bond acceptors (Lipinski definition) is 6. The van der Waals surface area contributed by atoms with E-state index in [0.29, 0.717) is 18.6 Å². The number of fused-ring (bicyclic) bond motifs is 1. The quantitative estimate of drug-likeness (QED) is 0.175. The summed E-state index contributed by atoms with van der Waals surface area (Å²) >= 11 is 1.75. The maximum Gasteiger partial charge on any atom is 0.333 e. The zero-order chi connectivity index (χ0) is 24.6. The topological polar surface area (TPSA) is 48.0 Å². The van der Waals surface area contributed by atoms with Crippen molar-refractivity contribution < 1.29 is 19.0 Å². The highest BCUT2D eigenvalue weighted by Gasteiger charge is 2.21. The van der Waals surface area contributed by atoms with Crippen LogP contribution in [0.5, 0.6) is 5.75 Å². The molecule has 0 N–H and O–H groups in total. The number of carbonyl (C=O) groups excluding carboxylic acids is 1. The first-order valence-corrected chi connectivity index (χ1v) is 13.0. The molecule has 4 rings (SSSR count). The lowest BCUT2D eigenvalue weighted by Gasteiger charge is -2.25. The molecule has 1 aromatic heterocycles. The Morgan fingerprint density at radius 2 is 1.91 bits per heavy atom. The number of ether oxygens (including phenoxy) is 3. The number of thiophene rings is 1. The van der Waals surface area contributed by atoms with Gasteiger partial charge in [-0.25, -0.2) is 4.79 Å². The van der Waals surface area contributed by atoms with Gasteiger partial charge in [-0.2, -0.15) is 0 Å². The molecule has 0 saturated carbocycles. The monoisotopic (exact) mass is 491 g/mol. The number of carbonyl (C=O) groups is 1. The lowest BCUT2D eigenvalue weighted by Crippen LogP contribution is -2.24. The fraction of sp³-hybridized carbons (Fsp3) is 0.345. The van der Waals surface area contributed by atoms with E-state index in [9.17, 15) is 4.79 Å². The van der Waals surface area contributed by atoms with Gasteiger partial charge in [0.15, 0.2) is 6.29 Å². The summed E-state index contributed by atoms with van der Waals surface area (Å²) in [5.41, 5.74) is 5.01. The summed E-state index contributed by atoms with van der Waals surface area (Å²) in [5.74, 6) is 0.513. The molecule has 2 aromatic carbocycles. The first-order valence-electron chi connectivity index (χ1n) is 12.2. The van der Waals surface area contributed by atoms with Crippen molar-refractivity contribution in [3.8, 4) is 16.9 Å². The van der Waals surface area contributed by atoms with Crippen LogP contribution in [-0.2, 0) is 20.8 Å². The number of anilines is 1. The van der Waals surface area contributed by atoms with Crippen LogP contribution in [0, 0.1) is 0 Å². The van der Waals surface area contributed by atoms with Crippen LogP contribution in [0.4, 0.5) is 5.69 Å². The third-order valence-corrected chi connectivity index (χ3v) is 6.92. The summed E-state index contributed by atoms with van der Waals surface area (Å²) in [6.45, 7) is 6.34. The Bertz CT molecular complexity index is 1140. The minimum atomic E-state index is -0.281. The Kier molecular flexibility index (Phi) is 8.61. The highest BCUT2D eigenvalue weighted by molar-refractivity contribution is 7.09. The molecule has 1 aliphatic rings. The van der Waals surface area contributed by atoms with Gasteiger partial charge >= 0.3 is 5.97 Å². The molecule has 0 aliphatic carbocycles. The average molecular weight is 492 g/mol. The molecule has 1 atom stereocenters. The van der Waals surface area contributed by atoms with E-state index in [0.717, 1.165) is 54.1 Å². The van der Waals surface area contributed by atoms with Crippen LogP contribution < -0.4 is 9.64 Å². The predicted octanol–water partition coefficient (Wildman–Crippen LogP) is 6.92. The second-order valence-electron chi connectivity index (χ2n) is 8.62. The number of benzene rings is 2. The summed E-state index contributed by atoms with van der Waals surface area (Å²) in [7, 11) is 1.44. The highest BCUT2D eigenvalue weighted by atomic mass is 32.1. The Morgan fingerprint density at radius 1 is 1.11 bits per heavy atom. The molecule has 2 heterocycles. The molecular weight excluding hydrogens is 458 g/mol. The van der Waals surface area contributed by atoms with Crippen molar-refractivity contribution in [2.24, 2.45) is 0 Å². The SMILES string of the molecule is CCCCOC(C)Oc1ccc(-c2ccc3c(c2)C=C(C(=O)OC)CCN3Cc2cccs2)cc1. The number of hydrogen-bond donors (Lipinski definition) is 0. The van der Waals surface area contributed by atoms with Crippen molar-refractivity contribution in [2.45, 2.75) is 45.9 Å². The third-order valence-electron chi connectivity index (χ3n) is 6.06. The van der Waals surface area contributed by atoms with Gasteiger partial charge in [-0.1, -0.05) is 37.6 Å². The van der Waals surface area contributed by atoms with Crippen molar-refractivity contribution >= 4 is 29.1 Å². The first-order chi connectivity index (χ1) is 17.1. The molecule has 0 bridgehead atoms. The molecule has 1 aliphatic heterocycles. The molecule has 0 amide bonds. The summed E-state index contributed by atoms with van der Waals surface area (Å²) in [6.07, 6.45) is 4.47. The van der Waals surface area contributed by atoms with E-state index in [1.807, 2.05) is 25.1 Å². The van der Waals surface area contributed by atoms with Crippen LogP contribution in [0.25, 0.3) is 17.2 Å². The highest BCUT2D eigenvalue weighted by Crippen LogP contribution is 2.34. The second-order valence-corrected chi connectivity index (χ2v) is 9.65. The van der Waals surface area contributed by atoms with Gasteiger partial charge in [0.25, 0.3) is 0 Å². The number of methoxy groups -OCH3 is 1. The molecule has 0 spiro atoms. The van der Waals surface area contributed by atoms with Gasteiger partial charge in [0.2, 0.25) is 0 Å². The van der Waals surface area contributed by atoms with E-state index in [1.165, 1.54) is 12.0 Å². The first kappa shape index (κ1) is 25.0. The van der Waals surface area contributed by atoms with Gasteiger partial charge < -0.3 is 19.1 Å². The molecule has 35 heavy (non-hydrogen) atoms. The Labute approximate surface area is 211 Å². The standard InChI is InChI=1S/C29H33NO4S/c1-4-5-16-33-21(2)34-26-11-8-22(9-12-26)23-10-13-28-25(18-23)19-24(29(31)32-3)14-15-30(28)20-27-7-6-17-35-27/h6-13,17-19,21H,4-5,14-16,20H2,1-3H3. The van der Waals surface area contributed by atoms with Gasteiger partial charge in [-0.3, -0.25) is 0 Å². The molecule has 6 heteroatoms. The molecule has 0 saturated heterocycles. The summed E-state index contributed by atoms with van der Waals surface area (Å²) in [6, 6.07) is 18.7. The number of esters is 1. The summed E-state index contributed by atoms with van der Waals surface area (Å²) in [4.78, 5) is 16.0. The minimum absolute atomic E-state index is 0.267. The molecule has 0 radical (unpaired) electrons. The lowest BCUT2D eigenvalue weighted by molar-refractivity contribution is -0.136. The normalized spacial score (nSPS) is 14.0. The fourth-order valence-electron chi connectivity index (χ4n) is 4.17. The van der Waals surface area contributed by atoms with Crippen molar-refractivity contribution in [1.82, 2.24) is 0 Å². The number of rotatable bonds is 10. The second kappa shape index (κ2) is 12.0. The molecule has 184 valence electrons. The van der Waals surface area contributed by atoms with Gasteiger partial charge in [-0.15, -0.1) is 11.3 Å². The van der Waals surface area contributed by atoms with Crippen LogP contribution in [0.15, 0.2) is 65.6 Å². The van der Waals surface area contributed by atoms with Crippen molar-refractivity contribution in [1.29, 1.82) is 0 Å². The van der Waals surface area contributed by atoms with Crippen LogP contribution in [-0.4, -0.2) is 32.5 Å². The largest absolute Gasteiger partial charge is 0.466 e. The summed E-state index contributed by atoms with van der Waals surface area (Å²) < 4.78 is 16.6. The van der Waals surface area contributed by atoms with E-state index in [-0.39, 0.29) is 12.3 Å². The van der Waals surface area contributed by atoms with Crippen LogP contribution in [0.1, 0.15) is 43.6 Å². The van der Waals surface area contributed by atoms with Gasteiger partial charge in [-0.05, 0) is 78.2 Å². The lowest BCUT2D eigenvalue weighted by atomic mass is 10.00. The van der Waals surface area contributed by atoms with E-state index >= 15 is 0 Å². The van der Waals surface area contributed by atoms with Crippen LogP contribution in [0.3, 0.4) is 0 Å². The molecule has 3 aromatic rings. The number of nitrogens with zero attached hydrogens (tertiary/aromatic N) is 1. The average Bonchev–Trinajstić information content (AvgIpc) is 3.32. The smallest absolute Gasteiger partial charge is 0.333 e. The van der Waals surface area contributed by atoms with Gasteiger partial charge in [0, 0.05) is 22.7 Å². The van der Waals surface area contributed by atoms with Crippen molar-refractivity contribution in [3.05, 3.63) is 76.0 Å². The molecule has 5 nitrogen and oxygen atoms in total. The maximum atomic E-state index is 12.4. The number of unbranched alkanes of at least 4 members (excludes halogenated alkanes) is 1. The van der Waals surface area contributed by atoms with Gasteiger partial charge in [0.1, 0.15) is 5.75 Å². The van der Waals surface area contributed by atoms with E-state index in [2.05, 4.69) is 59.7 Å². The zero-order valence-electron chi connectivity index (χ0n) is 20.7. The van der Waals surface area contributed by atoms with E-state index < -0.39 is 0 Å². The van der Waals surface area contributed by atoms with E-state index in [1.54, 1.807) is 11.3 Å². The molecular formula is C29H33NO4S. The van der Waals surface area contributed by atoms with Crippen molar-refractivity contribution in [2.75, 3.05) is 25.2 Å². The zero-order valence-corrected chi connectivity index (χ0v) is 21.5. The summed E-state index contributed by atoms with van der Waals surface area (Å²) in [5, 5.41) is 2.10. The molecule has 0 fully saturated rings. The van der Waals surface area contributed by atoms with Crippen LogP contribution >= 0.6 is 11.3 Å². The Hall–Kier alpha value is -3.09. The maximum absolute atomic E-state index is 12.4. The fourth-order valence-corrected chi connectivity index (χ4v) is 4.89. The van der Waals surface area contributed by atoms with Crippen LogP contribution in [0.2, 0.25) is 0 Å². The van der Waals surface area contributed by atoms with E-state index in [4.69, 9.17) is 14.2 Å². The van der Waals surface area contributed by atoms with Gasteiger partial charge in [0.05, 0.1) is 20.3 Å². The Balaban J connectivity index is 1.57. The molecule has 1 unspecified atom stereocenters. The predicted molar refractivity (Wildman–Crippen MR) is 143 cm³/mol. The Morgan fingerprint density at radius 3 is 2.63 bits per heavy atom. The van der Waals surface area contributed by atoms with Crippen molar-refractivity contribution in [3.63, 3.8) is 0 Å². The minimum Gasteiger partial charge on any atom is -0.466 e.